The number of hydrogen-bond acceptors (Lipinski definition) is 8. The molecular formula is C22H20MnN2O4S2. The molecule has 0 amide bonds. The Morgan fingerprint density at radius 1 is 0.871 bits per heavy atom. The first-order valence-electron chi connectivity index (χ1n) is 9.01. The fourth-order valence-corrected chi connectivity index (χ4v) is 4.28. The van der Waals surface area contributed by atoms with E-state index in [1.54, 1.807) is 12.4 Å². The van der Waals surface area contributed by atoms with E-state index in [0.29, 0.717) is 4.88 Å². The van der Waals surface area contributed by atoms with Gasteiger partial charge in [-0.2, -0.15) is 0 Å². The van der Waals surface area contributed by atoms with Gasteiger partial charge in [0, 0.05) is 23.5 Å². The van der Waals surface area contributed by atoms with Crippen LogP contribution in [0.25, 0.3) is 21.1 Å². The maximum absolute atomic E-state index is 10.5. The molecule has 0 spiro atoms. The van der Waals surface area contributed by atoms with Gasteiger partial charge in [-0.05, 0) is 25.0 Å². The van der Waals surface area contributed by atoms with E-state index in [2.05, 4.69) is 29.0 Å². The van der Waals surface area contributed by atoms with E-state index < -0.39 is 14.8 Å². The van der Waals surface area contributed by atoms with Gasteiger partial charge < -0.3 is 5.11 Å². The number of carbonyl (C=O) groups is 1. The van der Waals surface area contributed by atoms with Crippen molar-refractivity contribution in [3.63, 3.8) is 0 Å². The summed E-state index contributed by atoms with van der Waals surface area (Å²) in [6, 6.07) is 16.2. The molecule has 2 aromatic carbocycles. The van der Waals surface area contributed by atoms with E-state index in [9.17, 15) is 4.79 Å². The summed E-state index contributed by atoms with van der Waals surface area (Å²) in [4.78, 5) is 20.6. The van der Waals surface area contributed by atoms with Crippen molar-refractivity contribution in [2.24, 2.45) is 0 Å². The van der Waals surface area contributed by atoms with Gasteiger partial charge in [-0.1, -0.05) is 48.5 Å². The monoisotopic (exact) mass is 495 g/mol. The molecule has 0 aliphatic rings. The molecule has 31 heavy (non-hydrogen) atoms. The van der Waals surface area contributed by atoms with Gasteiger partial charge in [0.25, 0.3) is 0 Å². The summed E-state index contributed by atoms with van der Waals surface area (Å²) < 4.78 is 16.8. The molecule has 0 radical (unpaired) electrons. The molecule has 4 rings (SSSR count). The molecule has 4 aromatic rings. The van der Waals surface area contributed by atoms with Gasteiger partial charge in [0.2, 0.25) is 0 Å². The average Bonchev–Trinajstić information content (AvgIpc) is 3.45. The zero-order valence-corrected chi connectivity index (χ0v) is 19.6. The molecule has 2 aromatic heterocycles. The molecule has 1 N–H and O–H groups in total. The standard InChI is InChI=1S/C11H11NOS.C11H9NOS.Mn.2O/c2*1-8-4-2-3-5-10(8)11-12-6-9(7-13)14-11;;;/h2-6,13H,7H2,1H3;2-7H,1H3;;;. The summed E-state index contributed by atoms with van der Waals surface area (Å²) in [5.74, 6) is 0. The van der Waals surface area contributed by atoms with Gasteiger partial charge >= 0.3 is 22.5 Å². The second-order valence-electron chi connectivity index (χ2n) is 6.17. The Hall–Kier alpha value is -2.55. The van der Waals surface area contributed by atoms with Gasteiger partial charge in [-0.15, -0.1) is 22.7 Å². The fourth-order valence-electron chi connectivity index (χ4n) is 2.60. The summed E-state index contributed by atoms with van der Waals surface area (Å²) >= 11 is 1.52. The minimum absolute atomic E-state index is 0.0730. The van der Waals surface area contributed by atoms with Crippen LogP contribution >= 0.6 is 22.7 Å². The molecule has 0 atom stereocenters. The number of aliphatic hydroxyl groups is 1. The minimum atomic E-state index is -1.44. The number of aliphatic hydroxyl groups excluding tert-OH is 1. The van der Waals surface area contributed by atoms with Crippen molar-refractivity contribution in [2.75, 3.05) is 0 Å². The number of nitrogens with zero attached hydrogens (tertiary/aromatic N) is 2. The van der Waals surface area contributed by atoms with Crippen LogP contribution in [0.1, 0.15) is 25.7 Å². The summed E-state index contributed by atoms with van der Waals surface area (Å²) in [5.41, 5.74) is 4.65. The Morgan fingerprint density at radius 3 is 1.77 bits per heavy atom. The van der Waals surface area contributed by atoms with Gasteiger partial charge in [0.05, 0.1) is 16.4 Å². The molecule has 2 heterocycles. The van der Waals surface area contributed by atoms with E-state index in [1.807, 2.05) is 43.3 Å². The first kappa shape index (κ1) is 24.7. The van der Waals surface area contributed by atoms with Crippen LogP contribution in [-0.4, -0.2) is 21.4 Å². The van der Waals surface area contributed by atoms with E-state index in [1.165, 1.54) is 33.8 Å². The normalized spacial score (nSPS) is 9.65. The molecular weight excluding hydrogens is 475 g/mol. The van der Waals surface area contributed by atoms with Gasteiger partial charge in [0.15, 0.2) is 6.29 Å². The quantitative estimate of drug-likeness (QED) is 0.305. The Kier molecular flexibility index (Phi) is 10.4. The Bertz CT molecular complexity index is 1170. The predicted molar refractivity (Wildman–Crippen MR) is 117 cm³/mol. The molecule has 0 aliphatic heterocycles. The predicted octanol–water partition coefficient (Wildman–Crippen LogP) is 5.30. The zero-order chi connectivity index (χ0) is 22.6. The third-order valence-corrected chi connectivity index (χ3v) is 6.07. The average molecular weight is 495 g/mol. The van der Waals surface area contributed by atoms with Crippen molar-refractivity contribution in [3.8, 4) is 21.1 Å². The number of rotatable bonds is 4. The van der Waals surface area contributed by atoms with Crippen LogP contribution in [0.15, 0.2) is 60.9 Å². The number of thiazole rings is 2. The van der Waals surface area contributed by atoms with Gasteiger partial charge in [-0.3, -0.25) is 4.79 Å². The van der Waals surface area contributed by atoms with Crippen LogP contribution in [0, 0.1) is 13.8 Å². The van der Waals surface area contributed by atoms with Crippen LogP contribution in [-0.2, 0) is 29.1 Å². The third kappa shape index (κ3) is 7.27. The van der Waals surface area contributed by atoms with E-state index >= 15 is 0 Å². The second kappa shape index (κ2) is 13.0. The van der Waals surface area contributed by atoms with Crippen LogP contribution in [0.5, 0.6) is 0 Å². The van der Waals surface area contributed by atoms with E-state index in [0.717, 1.165) is 32.3 Å². The van der Waals surface area contributed by atoms with Gasteiger partial charge in [-0.25, -0.2) is 9.97 Å². The third-order valence-electron chi connectivity index (χ3n) is 4.10. The molecule has 0 aliphatic carbocycles. The van der Waals surface area contributed by atoms with Crippen molar-refractivity contribution >= 4 is 29.0 Å². The summed E-state index contributed by atoms with van der Waals surface area (Å²) in [5, 5.41) is 10.8. The number of carbonyl (C=O) groups excluding carboxylic acids is 1. The zero-order valence-electron chi connectivity index (χ0n) is 16.8. The SMILES string of the molecule is Cc1ccccc1-c1ncc(C=O)s1.Cc1ccccc1-c1ncc(CO)s1.[O]=[Mn]=[O]. The molecule has 0 bridgehead atoms. The molecule has 161 valence electrons. The van der Waals surface area contributed by atoms with E-state index in [4.69, 9.17) is 12.8 Å². The maximum atomic E-state index is 10.5. The first-order chi connectivity index (χ1) is 15.0. The van der Waals surface area contributed by atoms with E-state index in [-0.39, 0.29) is 6.61 Å². The van der Waals surface area contributed by atoms with Crippen molar-refractivity contribution in [1.82, 2.24) is 9.97 Å². The number of hydrogen-bond donors (Lipinski definition) is 1. The van der Waals surface area contributed by atoms with Crippen LogP contribution in [0.3, 0.4) is 0 Å². The summed E-state index contributed by atoms with van der Waals surface area (Å²) in [7, 11) is 0. The number of aldehydes is 1. The van der Waals surface area contributed by atoms with Crippen molar-refractivity contribution in [2.45, 2.75) is 20.5 Å². The topological polar surface area (TPSA) is 97.2 Å². The Balaban J connectivity index is 0.000000196. The molecule has 0 saturated heterocycles. The van der Waals surface area contributed by atoms with Crippen LogP contribution < -0.4 is 0 Å². The summed E-state index contributed by atoms with van der Waals surface area (Å²) in [6.45, 7) is 4.18. The molecule has 6 nitrogen and oxygen atoms in total. The van der Waals surface area contributed by atoms with Crippen molar-refractivity contribution < 1.29 is 32.4 Å². The number of benzene rings is 2. The molecule has 0 fully saturated rings. The Labute approximate surface area is 194 Å². The van der Waals surface area contributed by atoms with Crippen molar-refractivity contribution in [3.05, 3.63) is 81.8 Å². The second-order valence-corrected chi connectivity index (χ2v) is 8.54. The first-order valence-corrected chi connectivity index (χ1v) is 11.6. The number of aromatic nitrogens is 2. The molecule has 0 unspecified atom stereocenters. The number of aryl methyl sites for hydroxylation is 2. The Morgan fingerprint density at radius 2 is 1.35 bits per heavy atom. The van der Waals surface area contributed by atoms with Crippen LogP contribution in [0.2, 0.25) is 0 Å². The van der Waals surface area contributed by atoms with Crippen LogP contribution in [0.4, 0.5) is 0 Å². The molecule has 9 heteroatoms. The fraction of sp³-hybridized carbons (Fsp3) is 0.136. The summed E-state index contributed by atoms with van der Waals surface area (Å²) in [6.07, 6.45) is 4.17. The van der Waals surface area contributed by atoms with Gasteiger partial charge in [0.1, 0.15) is 10.0 Å². The van der Waals surface area contributed by atoms with Crippen molar-refractivity contribution in [1.29, 1.82) is 0 Å². The molecule has 0 saturated carbocycles.